The number of hydrogen-bond acceptors (Lipinski definition) is 6. The molecule has 1 aromatic carbocycles. The molecule has 3 rings (SSSR count). The number of anilines is 1. The Hall–Kier alpha value is -3.16. The molecule has 1 saturated heterocycles. The van der Waals surface area contributed by atoms with Gasteiger partial charge in [-0.15, -0.1) is 0 Å². The number of nitro groups is 1. The van der Waals surface area contributed by atoms with Crippen molar-refractivity contribution in [1.82, 2.24) is 9.78 Å². The Morgan fingerprint density at radius 3 is 2.67 bits per heavy atom. The van der Waals surface area contributed by atoms with E-state index in [1.54, 1.807) is 18.3 Å². The molecule has 1 aliphatic heterocycles. The van der Waals surface area contributed by atoms with Crippen LogP contribution in [0.15, 0.2) is 36.5 Å². The van der Waals surface area contributed by atoms with Crippen LogP contribution in [0.5, 0.6) is 0 Å². The van der Waals surface area contributed by atoms with Gasteiger partial charge in [0.05, 0.1) is 12.0 Å². The van der Waals surface area contributed by atoms with E-state index in [0.29, 0.717) is 17.2 Å². The minimum atomic E-state index is -0.501. The Morgan fingerprint density at radius 2 is 2.07 bits per heavy atom. The predicted molar refractivity (Wildman–Crippen MR) is 102 cm³/mol. The Kier molecular flexibility index (Phi) is 5.54. The van der Waals surface area contributed by atoms with Crippen LogP contribution in [0.4, 0.5) is 11.4 Å². The number of ether oxygens (including phenoxy) is 1. The number of esters is 1. The van der Waals surface area contributed by atoms with Crippen LogP contribution in [0, 0.1) is 10.1 Å². The Balaban J connectivity index is 1.76. The van der Waals surface area contributed by atoms with Gasteiger partial charge in [0.2, 0.25) is 0 Å². The van der Waals surface area contributed by atoms with E-state index >= 15 is 0 Å². The van der Waals surface area contributed by atoms with Crippen LogP contribution >= 0.6 is 0 Å². The number of nitro benzene ring substituents is 1. The van der Waals surface area contributed by atoms with Gasteiger partial charge in [0.1, 0.15) is 5.69 Å². The summed E-state index contributed by atoms with van der Waals surface area (Å²) < 4.78 is 6.44. The van der Waals surface area contributed by atoms with E-state index in [4.69, 9.17) is 0 Å². The molecule has 2 heterocycles. The molecule has 0 radical (unpaired) electrons. The van der Waals surface area contributed by atoms with Crippen LogP contribution in [0.25, 0.3) is 6.08 Å². The van der Waals surface area contributed by atoms with E-state index in [9.17, 15) is 14.9 Å². The smallest absolute Gasteiger partial charge is 0.330 e. The topological polar surface area (TPSA) is 90.5 Å². The van der Waals surface area contributed by atoms with E-state index in [2.05, 4.69) is 14.7 Å². The number of nitrogens with zero attached hydrogens (tertiary/aromatic N) is 4. The van der Waals surface area contributed by atoms with Gasteiger partial charge < -0.3 is 9.64 Å². The van der Waals surface area contributed by atoms with Gasteiger partial charge in [-0.2, -0.15) is 5.10 Å². The molecule has 0 amide bonds. The quantitative estimate of drug-likeness (QED) is 0.348. The summed E-state index contributed by atoms with van der Waals surface area (Å²) in [5.41, 5.74) is 2.44. The van der Waals surface area contributed by atoms with Crippen molar-refractivity contribution in [2.45, 2.75) is 18.8 Å². The lowest BCUT2D eigenvalue weighted by Crippen LogP contribution is -2.33. The lowest BCUT2D eigenvalue weighted by atomic mass is 9.93. The van der Waals surface area contributed by atoms with Crippen LogP contribution < -0.4 is 4.90 Å². The summed E-state index contributed by atoms with van der Waals surface area (Å²) >= 11 is 0. The standard InChI is InChI=1S/C19H22N4O4/c1-21-16(7-10-20-21)15-8-11-22(12-9-15)17-5-3-14(4-6-19(24)27-2)13-18(17)23(25)26/h3-7,10,13,15H,8-9,11-12H2,1-2H3/b6-4+. The van der Waals surface area contributed by atoms with Crippen LogP contribution in [0.1, 0.15) is 30.0 Å². The van der Waals surface area contributed by atoms with Gasteiger partial charge in [-0.3, -0.25) is 14.8 Å². The first-order chi connectivity index (χ1) is 13.0. The summed E-state index contributed by atoms with van der Waals surface area (Å²) in [6, 6.07) is 7.04. The highest BCUT2D eigenvalue weighted by Gasteiger charge is 2.26. The third-order valence-electron chi connectivity index (χ3n) is 4.92. The zero-order valence-corrected chi connectivity index (χ0v) is 15.4. The van der Waals surface area contributed by atoms with Gasteiger partial charge in [-0.25, -0.2) is 4.79 Å². The normalized spacial score (nSPS) is 15.3. The van der Waals surface area contributed by atoms with E-state index in [-0.39, 0.29) is 10.6 Å². The number of aromatic nitrogens is 2. The highest BCUT2D eigenvalue weighted by atomic mass is 16.6. The maximum Gasteiger partial charge on any atom is 0.330 e. The maximum absolute atomic E-state index is 11.6. The number of benzene rings is 1. The molecule has 1 aromatic heterocycles. The molecular formula is C19H22N4O4. The summed E-state index contributed by atoms with van der Waals surface area (Å²) in [4.78, 5) is 24.4. The lowest BCUT2D eigenvalue weighted by molar-refractivity contribution is -0.384. The Labute approximate surface area is 157 Å². The average molecular weight is 370 g/mol. The second kappa shape index (κ2) is 8.03. The molecule has 27 heavy (non-hydrogen) atoms. The minimum absolute atomic E-state index is 0.0426. The molecule has 142 valence electrons. The van der Waals surface area contributed by atoms with Crippen LogP contribution in [-0.4, -0.2) is 40.9 Å². The van der Waals surface area contributed by atoms with Crippen LogP contribution in [0.2, 0.25) is 0 Å². The summed E-state index contributed by atoms with van der Waals surface area (Å²) in [5.74, 6) is -0.0889. The van der Waals surface area contributed by atoms with Gasteiger partial charge in [0.25, 0.3) is 5.69 Å². The monoisotopic (exact) mass is 370 g/mol. The Bertz CT molecular complexity index is 866. The van der Waals surface area contributed by atoms with Gasteiger partial charge in [-0.1, -0.05) is 6.07 Å². The van der Waals surface area contributed by atoms with Crippen molar-refractivity contribution >= 4 is 23.4 Å². The number of piperidine rings is 1. The van der Waals surface area contributed by atoms with Crippen molar-refractivity contribution in [3.63, 3.8) is 0 Å². The maximum atomic E-state index is 11.6. The number of aryl methyl sites for hydroxylation is 1. The van der Waals surface area contributed by atoms with Gasteiger partial charge in [-0.05, 0) is 36.6 Å². The molecule has 0 unspecified atom stereocenters. The first kappa shape index (κ1) is 18.6. The second-order valence-electron chi connectivity index (χ2n) is 6.50. The first-order valence-electron chi connectivity index (χ1n) is 8.77. The molecule has 0 atom stereocenters. The summed E-state index contributed by atoms with van der Waals surface area (Å²) in [5, 5.41) is 15.8. The third kappa shape index (κ3) is 4.16. The zero-order chi connectivity index (χ0) is 19.4. The number of hydrogen-bond donors (Lipinski definition) is 0. The molecule has 1 aliphatic rings. The van der Waals surface area contributed by atoms with Gasteiger partial charge in [0.15, 0.2) is 0 Å². The molecule has 0 N–H and O–H groups in total. The first-order valence-corrected chi connectivity index (χ1v) is 8.77. The lowest BCUT2D eigenvalue weighted by Gasteiger charge is -2.33. The van der Waals surface area contributed by atoms with Gasteiger partial charge >= 0.3 is 5.97 Å². The van der Waals surface area contributed by atoms with E-state index in [1.165, 1.54) is 31.0 Å². The molecule has 0 saturated carbocycles. The molecule has 1 fully saturated rings. The fourth-order valence-corrected chi connectivity index (χ4v) is 3.49. The predicted octanol–water partition coefficient (Wildman–Crippen LogP) is 2.90. The highest BCUT2D eigenvalue weighted by molar-refractivity contribution is 5.87. The van der Waals surface area contributed by atoms with E-state index in [1.807, 2.05) is 17.8 Å². The second-order valence-corrected chi connectivity index (χ2v) is 6.50. The summed E-state index contributed by atoms with van der Waals surface area (Å²) in [6.45, 7) is 1.49. The number of methoxy groups -OCH3 is 1. The Morgan fingerprint density at radius 1 is 1.33 bits per heavy atom. The molecule has 0 spiro atoms. The molecule has 0 aliphatic carbocycles. The summed E-state index contributed by atoms with van der Waals surface area (Å²) in [7, 11) is 3.22. The average Bonchev–Trinajstić information content (AvgIpc) is 3.12. The largest absolute Gasteiger partial charge is 0.466 e. The van der Waals surface area contributed by atoms with E-state index in [0.717, 1.165) is 25.9 Å². The van der Waals surface area contributed by atoms with Crippen LogP contribution in [-0.2, 0) is 16.6 Å². The van der Waals surface area contributed by atoms with Crippen molar-refractivity contribution in [2.75, 3.05) is 25.1 Å². The van der Waals surface area contributed by atoms with Crippen molar-refractivity contribution < 1.29 is 14.5 Å². The highest BCUT2D eigenvalue weighted by Crippen LogP contribution is 2.35. The summed E-state index contributed by atoms with van der Waals surface area (Å²) in [6.07, 6.45) is 6.39. The zero-order valence-electron chi connectivity index (χ0n) is 15.4. The van der Waals surface area contributed by atoms with Crippen LogP contribution in [0.3, 0.4) is 0 Å². The molecule has 8 nitrogen and oxygen atoms in total. The molecular weight excluding hydrogens is 348 g/mol. The fraction of sp³-hybridized carbons (Fsp3) is 0.368. The minimum Gasteiger partial charge on any atom is -0.466 e. The third-order valence-corrected chi connectivity index (χ3v) is 4.92. The number of carbonyl (C=O) groups is 1. The SMILES string of the molecule is COC(=O)/C=C/c1ccc(N2CCC(c3ccnn3C)CC2)c([N+](=O)[O-])c1. The number of rotatable bonds is 5. The van der Waals surface area contributed by atoms with Crippen molar-refractivity contribution in [1.29, 1.82) is 0 Å². The molecule has 2 aromatic rings. The van der Waals surface area contributed by atoms with Gasteiger partial charge in [0, 0.05) is 50.1 Å². The van der Waals surface area contributed by atoms with Crippen molar-refractivity contribution in [3.8, 4) is 0 Å². The van der Waals surface area contributed by atoms with Crippen molar-refractivity contribution in [3.05, 3.63) is 57.9 Å². The van der Waals surface area contributed by atoms with E-state index < -0.39 is 5.97 Å². The molecule has 0 bridgehead atoms. The van der Waals surface area contributed by atoms with Crippen molar-refractivity contribution in [2.24, 2.45) is 7.05 Å². The fourth-order valence-electron chi connectivity index (χ4n) is 3.49. The number of carbonyl (C=O) groups excluding carboxylic acids is 1. The molecule has 8 heteroatoms.